The number of halogens is 2. The smallest absolute Gasteiger partial charge is 0.119 e. The quantitative estimate of drug-likeness (QED) is 0.190. The highest BCUT2D eigenvalue weighted by Gasteiger charge is 2.27. The maximum Gasteiger partial charge on any atom is 0.119 e. The van der Waals surface area contributed by atoms with E-state index in [0.29, 0.717) is 32.3 Å². The number of rotatable bonds is 11. The van der Waals surface area contributed by atoms with Crippen molar-refractivity contribution in [3.8, 4) is 5.75 Å². The highest BCUT2D eigenvalue weighted by Crippen LogP contribution is 2.30. The van der Waals surface area contributed by atoms with Gasteiger partial charge >= 0.3 is 0 Å². The molecular weight excluding hydrogens is 529 g/mol. The van der Waals surface area contributed by atoms with E-state index in [-0.39, 0.29) is 11.4 Å². The standard InChI is InChI=1S/C32H39NO3.CH2Cl2/c1-2-7-25(8-3-1)23-34-19-6-20-35-30-15-13-28(14-16-30)31-17-18-33-22-32(31)36-24-26-11-12-27-9-4-5-10-29(27)21-26;2-1-3/h1-3,7-8,11-16,21,31-33H,4-6,9-10,17-20,22-24H2;1H2. The molecule has 5 rings (SSSR count). The molecule has 1 heterocycles. The summed E-state index contributed by atoms with van der Waals surface area (Å²) in [5, 5.41) is 3.72. The number of fused-ring (bicyclic) bond motifs is 1. The Morgan fingerprint density at radius 1 is 0.795 bits per heavy atom. The highest BCUT2D eigenvalue weighted by atomic mass is 35.5. The summed E-state index contributed by atoms with van der Waals surface area (Å²) in [6, 6.07) is 25.9. The average Bonchev–Trinajstić information content (AvgIpc) is 2.99. The predicted molar refractivity (Wildman–Crippen MR) is 161 cm³/mol. The molecule has 1 saturated heterocycles. The van der Waals surface area contributed by atoms with Gasteiger partial charge in [0.1, 0.15) is 5.75 Å². The van der Waals surface area contributed by atoms with E-state index in [0.717, 1.165) is 31.7 Å². The molecule has 1 fully saturated rings. The van der Waals surface area contributed by atoms with Gasteiger partial charge in [0.15, 0.2) is 0 Å². The van der Waals surface area contributed by atoms with Gasteiger partial charge < -0.3 is 19.5 Å². The lowest BCUT2D eigenvalue weighted by atomic mass is 9.87. The number of benzene rings is 3. The number of alkyl halides is 2. The predicted octanol–water partition coefficient (Wildman–Crippen LogP) is 7.63. The molecule has 210 valence electrons. The Kier molecular flexibility index (Phi) is 12.9. The molecule has 1 aliphatic heterocycles. The van der Waals surface area contributed by atoms with Gasteiger partial charge in [0.25, 0.3) is 0 Å². The van der Waals surface area contributed by atoms with Crippen molar-refractivity contribution in [2.75, 3.05) is 31.6 Å². The largest absolute Gasteiger partial charge is 0.494 e. The number of ether oxygens (including phenoxy) is 3. The van der Waals surface area contributed by atoms with Gasteiger partial charge in [-0.15, -0.1) is 23.2 Å². The molecule has 1 aliphatic carbocycles. The van der Waals surface area contributed by atoms with Crippen molar-refractivity contribution >= 4 is 23.2 Å². The summed E-state index contributed by atoms with van der Waals surface area (Å²) >= 11 is 9.53. The molecule has 2 atom stereocenters. The third kappa shape index (κ3) is 9.81. The minimum Gasteiger partial charge on any atom is -0.494 e. The molecular formula is C33H41Cl2NO3. The fourth-order valence-electron chi connectivity index (χ4n) is 5.39. The second-order valence-corrected chi connectivity index (χ2v) is 11.0. The van der Waals surface area contributed by atoms with E-state index in [1.807, 2.05) is 18.2 Å². The maximum atomic E-state index is 6.48. The Morgan fingerprint density at radius 2 is 1.56 bits per heavy atom. The van der Waals surface area contributed by atoms with Crippen molar-refractivity contribution in [1.29, 1.82) is 0 Å². The topological polar surface area (TPSA) is 39.7 Å². The Morgan fingerprint density at radius 3 is 2.36 bits per heavy atom. The van der Waals surface area contributed by atoms with Crippen LogP contribution in [0.15, 0.2) is 72.8 Å². The lowest BCUT2D eigenvalue weighted by Gasteiger charge is -2.32. The summed E-state index contributed by atoms with van der Waals surface area (Å²) in [4.78, 5) is 0. The molecule has 0 amide bonds. The van der Waals surface area contributed by atoms with Crippen LogP contribution >= 0.6 is 23.2 Å². The first-order valence-corrected chi connectivity index (χ1v) is 15.2. The van der Waals surface area contributed by atoms with Crippen molar-refractivity contribution in [3.63, 3.8) is 0 Å². The van der Waals surface area contributed by atoms with Gasteiger partial charge in [0.05, 0.1) is 37.9 Å². The highest BCUT2D eigenvalue weighted by molar-refractivity contribution is 6.40. The first-order valence-electron chi connectivity index (χ1n) is 14.2. The lowest BCUT2D eigenvalue weighted by molar-refractivity contribution is 0.0106. The molecule has 0 aromatic heterocycles. The van der Waals surface area contributed by atoms with Crippen molar-refractivity contribution in [2.45, 2.75) is 63.8 Å². The summed E-state index contributed by atoms with van der Waals surface area (Å²) in [7, 11) is 0. The molecule has 0 bridgehead atoms. The van der Waals surface area contributed by atoms with Crippen LogP contribution < -0.4 is 10.1 Å². The second-order valence-electron chi connectivity index (χ2n) is 10.2. The van der Waals surface area contributed by atoms with E-state index < -0.39 is 0 Å². The van der Waals surface area contributed by atoms with Gasteiger partial charge in [-0.05, 0) is 78.6 Å². The molecule has 3 aromatic carbocycles. The molecule has 2 unspecified atom stereocenters. The molecule has 1 N–H and O–H groups in total. The first kappa shape index (κ1) is 29.9. The summed E-state index contributed by atoms with van der Waals surface area (Å²) in [6.45, 7) is 4.63. The van der Waals surface area contributed by atoms with Crippen molar-refractivity contribution in [3.05, 3.63) is 101 Å². The molecule has 0 radical (unpaired) electrons. The van der Waals surface area contributed by atoms with Crippen LogP contribution in [0, 0.1) is 0 Å². The summed E-state index contributed by atoms with van der Waals surface area (Å²) in [5.41, 5.74) is 6.90. The van der Waals surface area contributed by atoms with Crippen LogP contribution in [0.4, 0.5) is 0 Å². The number of hydrogen-bond acceptors (Lipinski definition) is 4. The zero-order valence-electron chi connectivity index (χ0n) is 22.8. The minimum atomic E-state index is 0.184. The van der Waals surface area contributed by atoms with Gasteiger partial charge in [0, 0.05) is 18.9 Å². The van der Waals surface area contributed by atoms with Crippen LogP contribution in [0.3, 0.4) is 0 Å². The van der Waals surface area contributed by atoms with Crippen molar-refractivity contribution in [2.24, 2.45) is 0 Å². The number of piperidine rings is 1. The first-order chi connectivity index (χ1) is 19.3. The fourth-order valence-corrected chi connectivity index (χ4v) is 5.39. The van der Waals surface area contributed by atoms with Gasteiger partial charge in [-0.2, -0.15) is 0 Å². The van der Waals surface area contributed by atoms with Crippen LogP contribution in [0.25, 0.3) is 0 Å². The summed E-state index contributed by atoms with van der Waals surface area (Å²) < 4.78 is 18.2. The van der Waals surface area contributed by atoms with E-state index in [1.54, 1.807) is 0 Å². The zero-order chi connectivity index (χ0) is 27.1. The summed E-state index contributed by atoms with van der Waals surface area (Å²) in [5.74, 6) is 1.33. The molecule has 3 aromatic rings. The molecule has 0 saturated carbocycles. The third-order valence-electron chi connectivity index (χ3n) is 7.42. The van der Waals surface area contributed by atoms with Crippen molar-refractivity contribution in [1.82, 2.24) is 5.32 Å². The van der Waals surface area contributed by atoms with Crippen LogP contribution in [-0.2, 0) is 35.5 Å². The SMILES string of the molecule is ClCCl.c1ccc(COCCCOc2ccc(C3CCNCC3OCc3ccc4c(c3)CCCC4)cc2)cc1. The molecule has 39 heavy (non-hydrogen) atoms. The van der Waals surface area contributed by atoms with Gasteiger partial charge in [-0.1, -0.05) is 60.7 Å². The molecule has 6 heteroatoms. The monoisotopic (exact) mass is 569 g/mol. The Balaban J connectivity index is 0.00000112. The van der Waals surface area contributed by atoms with Crippen LogP contribution in [0.2, 0.25) is 0 Å². The summed E-state index contributed by atoms with van der Waals surface area (Å²) in [6.07, 6.45) is 7.23. The van der Waals surface area contributed by atoms with E-state index in [2.05, 4.69) is 59.9 Å². The third-order valence-corrected chi connectivity index (χ3v) is 7.42. The number of nitrogens with one attached hydrogen (secondary N) is 1. The lowest BCUT2D eigenvalue weighted by Crippen LogP contribution is -2.40. The average molecular weight is 571 g/mol. The van der Waals surface area contributed by atoms with E-state index in [4.69, 9.17) is 37.4 Å². The number of hydrogen-bond donors (Lipinski definition) is 1. The van der Waals surface area contributed by atoms with Crippen LogP contribution in [0.5, 0.6) is 5.75 Å². The zero-order valence-corrected chi connectivity index (χ0v) is 24.3. The normalized spacial score (nSPS) is 18.5. The van der Waals surface area contributed by atoms with Gasteiger partial charge in [-0.3, -0.25) is 0 Å². The Hall–Kier alpha value is -2.08. The van der Waals surface area contributed by atoms with Gasteiger partial charge in [0.2, 0.25) is 0 Å². The van der Waals surface area contributed by atoms with E-state index in [9.17, 15) is 0 Å². The van der Waals surface area contributed by atoms with E-state index in [1.165, 1.54) is 53.5 Å². The number of aryl methyl sites for hydroxylation is 2. The fraction of sp³-hybridized carbons (Fsp3) is 0.455. The molecule has 0 spiro atoms. The Labute approximate surface area is 244 Å². The minimum absolute atomic E-state index is 0.184. The molecule has 4 nitrogen and oxygen atoms in total. The second kappa shape index (κ2) is 16.9. The Bertz CT molecular complexity index is 1090. The molecule has 2 aliphatic rings. The van der Waals surface area contributed by atoms with Crippen LogP contribution in [-0.4, -0.2) is 37.7 Å². The van der Waals surface area contributed by atoms with Gasteiger partial charge in [-0.25, -0.2) is 0 Å². The van der Waals surface area contributed by atoms with Crippen LogP contribution in [0.1, 0.15) is 59.4 Å². The van der Waals surface area contributed by atoms with E-state index >= 15 is 0 Å². The maximum absolute atomic E-state index is 6.48. The van der Waals surface area contributed by atoms with Crippen molar-refractivity contribution < 1.29 is 14.2 Å².